The first-order valence-corrected chi connectivity index (χ1v) is 7.60. The van der Waals surface area contributed by atoms with Gasteiger partial charge in [0.05, 0.1) is 34.9 Å². The number of carbonyl (C=O) groups is 1. The molecule has 0 aliphatic rings. The Morgan fingerprint density at radius 2 is 1.60 bits per heavy atom. The molecule has 1 aromatic carbocycles. The quantitative estimate of drug-likeness (QED) is 0.737. The van der Waals surface area contributed by atoms with E-state index in [1.165, 1.54) is 28.4 Å². The van der Waals surface area contributed by atoms with Crippen LogP contribution in [-0.2, 0) is 9.53 Å². The van der Waals surface area contributed by atoms with E-state index in [1.54, 1.807) is 19.1 Å². The van der Waals surface area contributed by atoms with Crippen molar-refractivity contribution in [1.82, 2.24) is 10.2 Å². The van der Waals surface area contributed by atoms with Crippen molar-refractivity contribution in [3.63, 3.8) is 0 Å². The number of rotatable bonds is 7. The van der Waals surface area contributed by atoms with Crippen molar-refractivity contribution in [3.8, 4) is 17.2 Å². The van der Waals surface area contributed by atoms with E-state index in [1.807, 2.05) is 0 Å². The molecular weight excluding hydrogens is 328 g/mol. The Labute approximate surface area is 145 Å². The molecule has 8 heteroatoms. The molecule has 0 amide bonds. The van der Waals surface area contributed by atoms with Crippen LogP contribution < -0.4 is 19.8 Å². The Kier molecular flexibility index (Phi) is 5.74. The number of ether oxygens (including phenoxy) is 4. The number of methoxy groups -OCH3 is 4. The van der Waals surface area contributed by atoms with E-state index in [0.29, 0.717) is 34.1 Å². The third kappa shape index (κ3) is 3.62. The second-order valence-corrected chi connectivity index (χ2v) is 5.40. The summed E-state index contributed by atoms with van der Waals surface area (Å²) in [5.74, 6) is 0.368. The summed E-state index contributed by atoms with van der Waals surface area (Å²) in [4.78, 5) is 24.3. The molecule has 0 saturated carbocycles. The Balaban J connectivity index is 2.73. The van der Waals surface area contributed by atoms with E-state index in [0.717, 1.165) is 0 Å². The molecule has 0 fully saturated rings. The number of hydrogen-bond donors (Lipinski definition) is 2. The summed E-state index contributed by atoms with van der Waals surface area (Å²) in [6.07, 6.45) is -0.0443. The summed E-state index contributed by atoms with van der Waals surface area (Å²) in [5.41, 5.74) is 1.31. The van der Waals surface area contributed by atoms with Gasteiger partial charge in [-0.3, -0.25) is 14.7 Å². The standard InChI is InChI=1S/C17H22N2O6/c1-9-15(17(21)19-18-9)11(8-14(20)25-5)16-12(23-3)6-10(22-2)7-13(16)24-4/h6-7,11H,8H2,1-5H3,(H2,18,19,21). The van der Waals surface area contributed by atoms with Crippen molar-refractivity contribution in [2.75, 3.05) is 28.4 Å². The van der Waals surface area contributed by atoms with E-state index in [9.17, 15) is 9.59 Å². The third-order valence-corrected chi connectivity index (χ3v) is 4.06. The fraction of sp³-hybridized carbons (Fsp3) is 0.412. The molecular formula is C17H22N2O6. The van der Waals surface area contributed by atoms with Gasteiger partial charge in [0.2, 0.25) is 0 Å². The summed E-state index contributed by atoms with van der Waals surface area (Å²) in [5, 5.41) is 5.32. The average molecular weight is 350 g/mol. The highest BCUT2D eigenvalue weighted by molar-refractivity contribution is 5.72. The van der Waals surface area contributed by atoms with Gasteiger partial charge in [0.15, 0.2) is 0 Å². The van der Waals surface area contributed by atoms with Gasteiger partial charge in [0.1, 0.15) is 17.2 Å². The first-order chi connectivity index (χ1) is 12.0. The van der Waals surface area contributed by atoms with Gasteiger partial charge in [-0.15, -0.1) is 0 Å². The number of benzene rings is 1. The molecule has 0 aliphatic carbocycles. The lowest BCUT2D eigenvalue weighted by atomic mass is 9.87. The number of H-pyrrole nitrogens is 2. The number of aromatic amines is 2. The molecule has 0 aliphatic heterocycles. The molecule has 1 heterocycles. The summed E-state index contributed by atoms with van der Waals surface area (Å²) in [6, 6.07) is 3.36. The molecule has 0 spiro atoms. The van der Waals surface area contributed by atoms with Gasteiger partial charge in [-0.1, -0.05) is 0 Å². The Bertz CT molecular complexity index is 783. The lowest BCUT2D eigenvalue weighted by Gasteiger charge is -2.22. The number of aromatic nitrogens is 2. The average Bonchev–Trinajstić information content (AvgIpc) is 2.96. The molecule has 8 nitrogen and oxygen atoms in total. The van der Waals surface area contributed by atoms with Crippen LogP contribution in [0, 0.1) is 6.92 Å². The number of aryl methyl sites for hydroxylation is 1. The smallest absolute Gasteiger partial charge is 0.306 e. The molecule has 1 aromatic heterocycles. The monoisotopic (exact) mass is 350 g/mol. The lowest BCUT2D eigenvalue weighted by molar-refractivity contribution is -0.140. The summed E-state index contributed by atoms with van der Waals surface area (Å²) >= 11 is 0. The fourth-order valence-electron chi connectivity index (χ4n) is 2.85. The summed E-state index contributed by atoms with van der Waals surface area (Å²) in [6.45, 7) is 1.75. The van der Waals surface area contributed by atoms with Crippen LogP contribution in [-0.4, -0.2) is 44.6 Å². The van der Waals surface area contributed by atoms with Crippen LogP contribution in [0.3, 0.4) is 0 Å². The molecule has 2 N–H and O–H groups in total. The van der Waals surface area contributed by atoms with Crippen LogP contribution in [0.15, 0.2) is 16.9 Å². The molecule has 136 valence electrons. The maximum atomic E-state index is 12.3. The van der Waals surface area contributed by atoms with Crippen molar-refractivity contribution in [2.45, 2.75) is 19.3 Å². The number of hydrogen-bond acceptors (Lipinski definition) is 6. The maximum absolute atomic E-state index is 12.3. The van der Waals surface area contributed by atoms with Crippen LogP contribution in [0.2, 0.25) is 0 Å². The van der Waals surface area contributed by atoms with Crippen molar-refractivity contribution in [1.29, 1.82) is 0 Å². The first-order valence-electron chi connectivity index (χ1n) is 7.60. The SMILES string of the molecule is COC(=O)CC(c1c(OC)cc(OC)cc1OC)c1c(C)[nH][nH]c1=O. The third-order valence-electron chi connectivity index (χ3n) is 4.06. The van der Waals surface area contributed by atoms with Gasteiger partial charge in [-0.25, -0.2) is 0 Å². The van der Waals surface area contributed by atoms with Crippen LogP contribution in [0.5, 0.6) is 17.2 Å². The topological polar surface area (TPSA) is 103 Å². The van der Waals surface area contributed by atoms with Gasteiger partial charge >= 0.3 is 5.97 Å². The van der Waals surface area contributed by atoms with Crippen LogP contribution in [0.25, 0.3) is 0 Å². The zero-order valence-corrected chi connectivity index (χ0v) is 14.9. The molecule has 1 unspecified atom stereocenters. The minimum Gasteiger partial charge on any atom is -0.496 e. The van der Waals surface area contributed by atoms with E-state index >= 15 is 0 Å². The van der Waals surface area contributed by atoms with Crippen molar-refractivity contribution >= 4 is 5.97 Å². The maximum Gasteiger partial charge on any atom is 0.306 e. The zero-order valence-electron chi connectivity index (χ0n) is 14.9. The van der Waals surface area contributed by atoms with E-state index in [-0.39, 0.29) is 12.0 Å². The Morgan fingerprint density at radius 1 is 1.00 bits per heavy atom. The largest absolute Gasteiger partial charge is 0.496 e. The normalized spacial score (nSPS) is 11.7. The molecule has 2 aromatic rings. The minimum atomic E-state index is -0.613. The summed E-state index contributed by atoms with van der Waals surface area (Å²) in [7, 11) is 5.83. The van der Waals surface area contributed by atoms with Crippen LogP contribution in [0.1, 0.15) is 29.2 Å². The molecule has 1 atom stereocenters. The number of carbonyl (C=O) groups excluding carboxylic acids is 1. The highest BCUT2D eigenvalue weighted by atomic mass is 16.5. The van der Waals surface area contributed by atoms with E-state index < -0.39 is 11.9 Å². The molecule has 0 saturated heterocycles. The second kappa shape index (κ2) is 7.78. The highest BCUT2D eigenvalue weighted by Crippen LogP contribution is 2.43. The molecule has 0 radical (unpaired) electrons. The van der Waals surface area contributed by atoms with Crippen LogP contribution >= 0.6 is 0 Å². The van der Waals surface area contributed by atoms with Gasteiger partial charge in [0.25, 0.3) is 5.56 Å². The number of nitrogens with one attached hydrogen (secondary N) is 2. The Morgan fingerprint density at radius 3 is 2.00 bits per heavy atom. The van der Waals surface area contributed by atoms with Gasteiger partial charge < -0.3 is 24.0 Å². The minimum absolute atomic E-state index is 0.0443. The Hall–Kier alpha value is -2.90. The first kappa shape index (κ1) is 18.4. The van der Waals surface area contributed by atoms with Crippen molar-refractivity contribution in [3.05, 3.63) is 39.3 Å². The highest BCUT2D eigenvalue weighted by Gasteiger charge is 2.30. The molecule has 2 rings (SSSR count). The van der Waals surface area contributed by atoms with Crippen molar-refractivity contribution < 1.29 is 23.7 Å². The predicted octanol–water partition coefficient (Wildman–Crippen LogP) is 1.73. The predicted molar refractivity (Wildman–Crippen MR) is 90.7 cm³/mol. The lowest BCUT2D eigenvalue weighted by Crippen LogP contribution is -2.18. The molecule has 0 bridgehead atoms. The zero-order chi connectivity index (χ0) is 18.6. The van der Waals surface area contributed by atoms with Crippen LogP contribution in [0.4, 0.5) is 0 Å². The van der Waals surface area contributed by atoms with E-state index in [2.05, 4.69) is 10.2 Å². The van der Waals surface area contributed by atoms with Crippen molar-refractivity contribution in [2.24, 2.45) is 0 Å². The van der Waals surface area contributed by atoms with Gasteiger partial charge in [-0.2, -0.15) is 0 Å². The van der Waals surface area contributed by atoms with Gasteiger partial charge in [0, 0.05) is 34.9 Å². The number of esters is 1. The van der Waals surface area contributed by atoms with E-state index in [4.69, 9.17) is 18.9 Å². The second-order valence-electron chi connectivity index (χ2n) is 5.40. The summed E-state index contributed by atoms with van der Waals surface area (Å²) < 4.78 is 21.0. The molecule has 25 heavy (non-hydrogen) atoms. The van der Waals surface area contributed by atoms with Gasteiger partial charge in [-0.05, 0) is 6.92 Å². The fourth-order valence-corrected chi connectivity index (χ4v) is 2.85.